The summed E-state index contributed by atoms with van der Waals surface area (Å²) < 4.78 is 5.30. The summed E-state index contributed by atoms with van der Waals surface area (Å²) in [5.41, 5.74) is 3.56. The SMILES string of the molecule is CCc1ccc([C@H](C)Nc2nc(N3C(=O)OC[C@@H]3C(C)C)c3[nH]cnc3n2)cc1. The minimum Gasteiger partial charge on any atom is -0.447 e. The maximum Gasteiger partial charge on any atom is 0.416 e. The fourth-order valence-corrected chi connectivity index (χ4v) is 3.55. The summed E-state index contributed by atoms with van der Waals surface area (Å²) in [6, 6.07) is 8.38. The summed E-state index contributed by atoms with van der Waals surface area (Å²) in [4.78, 5) is 30.6. The van der Waals surface area contributed by atoms with Gasteiger partial charge < -0.3 is 15.0 Å². The smallest absolute Gasteiger partial charge is 0.416 e. The minimum atomic E-state index is -0.396. The van der Waals surface area contributed by atoms with Crippen molar-refractivity contribution in [3.63, 3.8) is 0 Å². The molecule has 3 heterocycles. The van der Waals surface area contributed by atoms with E-state index < -0.39 is 6.09 Å². The molecule has 1 aromatic carbocycles. The van der Waals surface area contributed by atoms with Crippen LogP contribution in [0.5, 0.6) is 0 Å². The summed E-state index contributed by atoms with van der Waals surface area (Å²) in [6.45, 7) is 8.66. The average molecular weight is 394 g/mol. The Morgan fingerprint density at radius 3 is 2.69 bits per heavy atom. The lowest BCUT2D eigenvalue weighted by molar-refractivity contribution is 0.177. The number of anilines is 2. The lowest BCUT2D eigenvalue weighted by Gasteiger charge is -2.24. The summed E-state index contributed by atoms with van der Waals surface area (Å²) >= 11 is 0. The molecule has 1 amide bonds. The Morgan fingerprint density at radius 1 is 1.24 bits per heavy atom. The van der Waals surface area contributed by atoms with Crippen molar-refractivity contribution in [2.75, 3.05) is 16.8 Å². The van der Waals surface area contributed by atoms with Gasteiger partial charge in [0.25, 0.3) is 0 Å². The van der Waals surface area contributed by atoms with Crippen LogP contribution in [0.1, 0.15) is 44.9 Å². The third-order valence-electron chi connectivity index (χ3n) is 5.40. The molecule has 0 aliphatic carbocycles. The van der Waals surface area contributed by atoms with Crippen LogP contribution < -0.4 is 10.2 Å². The highest BCUT2D eigenvalue weighted by molar-refractivity contribution is 5.97. The first-order chi connectivity index (χ1) is 14.0. The Morgan fingerprint density at radius 2 is 2.00 bits per heavy atom. The predicted molar refractivity (Wildman–Crippen MR) is 112 cm³/mol. The number of aryl methyl sites for hydroxylation is 1. The van der Waals surface area contributed by atoms with Crippen molar-refractivity contribution in [1.82, 2.24) is 19.9 Å². The average Bonchev–Trinajstić information content (AvgIpc) is 3.34. The molecule has 1 saturated heterocycles. The van der Waals surface area contributed by atoms with E-state index in [9.17, 15) is 4.79 Å². The van der Waals surface area contributed by atoms with E-state index in [0.29, 0.717) is 29.5 Å². The van der Waals surface area contributed by atoms with Gasteiger partial charge >= 0.3 is 6.09 Å². The third kappa shape index (κ3) is 3.62. The number of fused-ring (bicyclic) bond motifs is 1. The van der Waals surface area contributed by atoms with Crippen LogP contribution in [0.2, 0.25) is 0 Å². The monoisotopic (exact) mass is 394 g/mol. The highest BCUT2D eigenvalue weighted by Crippen LogP contribution is 2.31. The van der Waals surface area contributed by atoms with Gasteiger partial charge in [-0.3, -0.25) is 4.90 Å². The van der Waals surface area contributed by atoms with E-state index in [1.165, 1.54) is 5.56 Å². The van der Waals surface area contributed by atoms with Crippen molar-refractivity contribution >= 4 is 29.0 Å². The third-order valence-corrected chi connectivity index (χ3v) is 5.40. The molecule has 1 aliphatic heterocycles. The Hall–Kier alpha value is -3.16. The highest BCUT2D eigenvalue weighted by atomic mass is 16.6. The zero-order valence-electron chi connectivity index (χ0n) is 17.1. The number of benzene rings is 1. The van der Waals surface area contributed by atoms with Crippen molar-refractivity contribution < 1.29 is 9.53 Å². The van der Waals surface area contributed by atoms with E-state index in [-0.39, 0.29) is 18.0 Å². The molecule has 152 valence electrons. The normalized spacial score (nSPS) is 17.8. The first kappa shape index (κ1) is 19.2. The van der Waals surface area contributed by atoms with Crippen molar-refractivity contribution in [3.05, 3.63) is 41.7 Å². The van der Waals surface area contributed by atoms with E-state index in [2.05, 4.69) is 77.2 Å². The molecule has 2 atom stereocenters. The number of hydrogen-bond acceptors (Lipinski definition) is 6. The topological polar surface area (TPSA) is 96.0 Å². The number of H-pyrrole nitrogens is 1. The molecule has 1 fully saturated rings. The Kier molecular flexibility index (Phi) is 5.08. The lowest BCUT2D eigenvalue weighted by Crippen LogP contribution is -2.38. The number of aromatic amines is 1. The van der Waals surface area contributed by atoms with Gasteiger partial charge in [0.05, 0.1) is 18.4 Å². The quantitative estimate of drug-likeness (QED) is 0.654. The number of carbonyl (C=O) groups excluding carboxylic acids is 1. The molecule has 8 heteroatoms. The van der Waals surface area contributed by atoms with Crippen molar-refractivity contribution in [2.24, 2.45) is 5.92 Å². The molecule has 0 unspecified atom stereocenters. The summed E-state index contributed by atoms with van der Waals surface area (Å²) in [5, 5.41) is 3.35. The van der Waals surface area contributed by atoms with E-state index in [1.54, 1.807) is 11.2 Å². The predicted octanol–water partition coefficient (Wildman–Crippen LogP) is 4.07. The maximum atomic E-state index is 12.5. The van der Waals surface area contributed by atoms with E-state index in [1.807, 2.05) is 0 Å². The van der Waals surface area contributed by atoms with Crippen LogP contribution in [-0.4, -0.2) is 38.7 Å². The molecule has 0 saturated carbocycles. The summed E-state index contributed by atoms with van der Waals surface area (Å²) in [7, 11) is 0. The van der Waals surface area contributed by atoms with Gasteiger partial charge in [0.2, 0.25) is 5.95 Å². The van der Waals surface area contributed by atoms with Gasteiger partial charge in [0, 0.05) is 0 Å². The number of rotatable bonds is 6. The molecule has 2 aromatic heterocycles. The van der Waals surface area contributed by atoms with E-state index in [0.717, 1.165) is 12.0 Å². The largest absolute Gasteiger partial charge is 0.447 e. The fourth-order valence-electron chi connectivity index (χ4n) is 3.55. The molecule has 0 spiro atoms. The van der Waals surface area contributed by atoms with Crippen LogP contribution in [0.3, 0.4) is 0 Å². The van der Waals surface area contributed by atoms with Gasteiger partial charge in [-0.05, 0) is 30.4 Å². The second-order valence-electron chi connectivity index (χ2n) is 7.69. The number of hydrogen-bond donors (Lipinski definition) is 2. The van der Waals surface area contributed by atoms with Gasteiger partial charge in [-0.2, -0.15) is 9.97 Å². The van der Waals surface area contributed by atoms with Crippen LogP contribution in [0.4, 0.5) is 16.6 Å². The van der Waals surface area contributed by atoms with Gasteiger partial charge in [-0.15, -0.1) is 0 Å². The first-order valence-electron chi connectivity index (χ1n) is 10.0. The van der Waals surface area contributed by atoms with Crippen molar-refractivity contribution in [1.29, 1.82) is 0 Å². The lowest BCUT2D eigenvalue weighted by atomic mass is 10.0. The number of nitrogens with one attached hydrogen (secondary N) is 2. The molecule has 3 aromatic rings. The number of carbonyl (C=O) groups is 1. The van der Waals surface area contributed by atoms with Crippen LogP contribution in [0.25, 0.3) is 11.2 Å². The zero-order valence-corrected chi connectivity index (χ0v) is 17.1. The van der Waals surface area contributed by atoms with Gasteiger partial charge in [-0.1, -0.05) is 45.0 Å². The second kappa shape index (κ2) is 7.69. The summed E-state index contributed by atoms with van der Waals surface area (Å²) in [5.74, 6) is 1.14. The van der Waals surface area contributed by atoms with Crippen LogP contribution in [0.15, 0.2) is 30.6 Å². The minimum absolute atomic E-state index is 0.00317. The number of aromatic nitrogens is 4. The molecule has 0 bridgehead atoms. The van der Waals surface area contributed by atoms with Gasteiger partial charge in [0.15, 0.2) is 11.5 Å². The molecular weight excluding hydrogens is 368 g/mol. The zero-order chi connectivity index (χ0) is 20.5. The second-order valence-corrected chi connectivity index (χ2v) is 7.69. The highest BCUT2D eigenvalue weighted by Gasteiger charge is 2.38. The number of cyclic esters (lactones) is 1. The van der Waals surface area contributed by atoms with Crippen molar-refractivity contribution in [3.8, 4) is 0 Å². The van der Waals surface area contributed by atoms with Crippen LogP contribution >= 0.6 is 0 Å². The molecule has 29 heavy (non-hydrogen) atoms. The molecule has 0 radical (unpaired) electrons. The molecule has 8 nitrogen and oxygen atoms in total. The molecule has 2 N–H and O–H groups in total. The number of amides is 1. The standard InChI is InChI=1S/C21H26N6O2/c1-5-14-6-8-15(9-7-14)13(4)24-20-25-18-17(22-11-23-18)19(26-20)27-16(12(2)3)10-29-21(27)28/h6-9,11-13,16H,5,10H2,1-4H3,(H2,22,23,24,25,26)/t13-,16+/m0/s1. The van der Waals surface area contributed by atoms with Crippen LogP contribution in [0, 0.1) is 5.92 Å². The van der Waals surface area contributed by atoms with Gasteiger partial charge in [-0.25, -0.2) is 9.78 Å². The molecule has 4 rings (SSSR count). The fraction of sp³-hybridized carbons (Fsp3) is 0.429. The van der Waals surface area contributed by atoms with Crippen molar-refractivity contribution in [2.45, 2.75) is 46.2 Å². The van der Waals surface area contributed by atoms with E-state index >= 15 is 0 Å². The summed E-state index contributed by atoms with van der Waals surface area (Å²) in [6.07, 6.45) is 2.17. The van der Waals surface area contributed by atoms with Gasteiger partial charge in [0.1, 0.15) is 12.1 Å². The Labute approximate surface area is 169 Å². The Balaban J connectivity index is 1.68. The Bertz CT molecular complexity index is 1010. The van der Waals surface area contributed by atoms with Crippen LogP contribution in [-0.2, 0) is 11.2 Å². The number of ether oxygens (including phenoxy) is 1. The maximum absolute atomic E-state index is 12.5. The van der Waals surface area contributed by atoms with E-state index in [4.69, 9.17) is 4.74 Å². The molecular formula is C21H26N6O2. The number of nitrogens with zero attached hydrogens (tertiary/aromatic N) is 4. The molecule has 1 aliphatic rings. The number of imidazole rings is 1. The first-order valence-corrected chi connectivity index (χ1v) is 10.0.